The Kier molecular flexibility index (Phi) is 2.97. The molecule has 0 amide bonds. The Labute approximate surface area is 74.7 Å². The molecule has 0 bridgehead atoms. The predicted octanol–water partition coefficient (Wildman–Crippen LogP) is 3.45. The summed E-state index contributed by atoms with van der Waals surface area (Å²) < 4.78 is -0.393. The lowest BCUT2D eigenvalue weighted by Gasteiger charge is -1.95. The molecule has 0 heterocycles. The Hall–Kier alpha value is -0.470. The molecule has 0 aliphatic rings. The summed E-state index contributed by atoms with van der Waals surface area (Å²) >= 11 is 6.23. The highest BCUT2D eigenvalue weighted by Crippen LogP contribution is 2.21. The third-order valence-corrected chi connectivity index (χ3v) is 2.07. The highest BCUT2D eigenvalue weighted by Gasteiger charge is 1.98. The van der Waals surface area contributed by atoms with Crippen LogP contribution < -0.4 is 0 Å². The molecular weight excluding hydrogens is 180 g/mol. The smallest absolute Gasteiger partial charge is 0.268 e. The van der Waals surface area contributed by atoms with Crippen LogP contribution in [0.2, 0.25) is 0 Å². The van der Waals surface area contributed by atoms with E-state index in [0.29, 0.717) is 0 Å². The Morgan fingerprint density at radius 1 is 1.55 bits per heavy atom. The number of carbonyl (C=O) groups excluding carboxylic acids is 1. The van der Waals surface area contributed by atoms with Gasteiger partial charge in [-0.15, -0.1) is 0 Å². The summed E-state index contributed by atoms with van der Waals surface area (Å²) in [5.41, 5.74) is 1.13. The Morgan fingerprint density at radius 2 is 2.27 bits per heavy atom. The van der Waals surface area contributed by atoms with Crippen LogP contribution in [0.25, 0.3) is 0 Å². The summed E-state index contributed by atoms with van der Waals surface area (Å²) in [7, 11) is 0. The summed E-state index contributed by atoms with van der Waals surface area (Å²) in [6.45, 7) is 1.97. The van der Waals surface area contributed by atoms with E-state index in [4.69, 9.17) is 11.6 Å². The highest BCUT2D eigenvalue weighted by atomic mass is 35.5. The van der Waals surface area contributed by atoms with E-state index in [9.17, 15) is 4.79 Å². The minimum atomic E-state index is -0.393. The second kappa shape index (κ2) is 3.79. The first kappa shape index (κ1) is 8.62. The van der Waals surface area contributed by atoms with Crippen molar-refractivity contribution in [2.24, 2.45) is 0 Å². The van der Waals surface area contributed by atoms with Crippen LogP contribution >= 0.6 is 23.4 Å². The largest absolute Gasteiger partial charge is 0.284 e. The maximum Gasteiger partial charge on any atom is 0.284 e. The molecule has 58 valence electrons. The van der Waals surface area contributed by atoms with E-state index < -0.39 is 4.57 Å². The summed E-state index contributed by atoms with van der Waals surface area (Å²) in [6.07, 6.45) is 0. The second-order valence-corrected chi connectivity index (χ2v) is 3.77. The summed E-state index contributed by atoms with van der Waals surface area (Å²) in [6, 6.07) is 7.66. The highest BCUT2D eigenvalue weighted by molar-refractivity contribution is 8.16. The van der Waals surface area contributed by atoms with Crippen molar-refractivity contribution in [2.45, 2.75) is 11.8 Å². The van der Waals surface area contributed by atoms with E-state index in [2.05, 4.69) is 0 Å². The molecule has 0 saturated carbocycles. The van der Waals surface area contributed by atoms with Gasteiger partial charge in [-0.1, -0.05) is 17.7 Å². The topological polar surface area (TPSA) is 17.1 Å². The van der Waals surface area contributed by atoms with Crippen LogP contribution in [0.15, 0.2) is 29.2 Å². The number of carbonyl (C=O) groups is 1. The molecule has 0 radical (unpaired) electrons. The van der Waals surface area contributed by atoms with Gasteiger partial charge in [0.05, 0.1) is 0 Å². The molecule has 0 unspecified atom stereocenters. The molecule has 0 aliphatic carbocycles. The van der Waals surface area contributed by atoms with Crippen molar-refractivity contribution in [3.05, 3.63) is 29.8 Å². The van der Waals surface area contributed by atoms with Gasteiger partial charge in [0.15, 0.2) is 0 Å². The number of hydrogen-bond donors (Lipinski definition) is 0. The van der Waals surface area contributed by atoms with Gasteiger partial charge in [0.2, 0.25) is 0 Å². The van der Waals surface area contributed by atoms with Gasteiger partial charge in [0, 0.05) is 4.90 Å². The zero-order valence-corrected chi connectivity index (χ0v) is 7.58. The normalized spacial score (nSPS) is 9.64. The lowest BCUT2D eigenvalue weighted by Crippen LogP contribution is -1.76. The monoisotopic (exact) mass is 186 g/mol. The van der Waals surface area contributed by atoms with Crippen molar-refractivity contribution in [1.29, 1.82) is 0 Å². The lowest BCUT2D eigenvalue weighted by atomic mass is 10.2. The molecular formula is C8H7ClOS. The maximum atomic E-state index is 10.5. The van der Waals surface area contributed by atoms with Crippen molar-refractivity contribution < 1.29 is 4.79 Å². The average Bonchev–Trinajstić information content (AvgIpc) is 1.85. The first-order valence-electron chi connectivity index (χ1n) is 3.12. The minimum Gasteiger partial charge on any atom is -0.268 e. The SMILES string of the molecule is Cc1cccc(SC(=O)Cl)c1. The maximum absolute atomic E-state index is 10.5. The van der Waals surface area contributed by atoms with E-state index in [-0.39, 0.29) is 0 Å². The summed E-state index contributed by atoms with van der Waals surface area (Å²) in [5, 5.41) is 0. The molecule has 1 nitrogen and oxygen atoms in total. The molecule has 0 aromatic heterocycles. The van der Waals surface area contributed by atoms with Crippen molar-refractivity contribution >= 4 is 27.9 Å². The molecule has 0 aliphatic heterocycles. The van der Waals surface area contributed by atoms with Gasteiger partial charge < -0.3 is 0 Å². The van der Waals surface area contributed by atoms with Crippen LogP contribution in [0.5, 0.6) is 0 Å². The van der Waals surface area contributed by atoms with Crippen LogP contribution in [-0.2, 0) is 0 Å². The van der Waals surface area contributed by atoms with E-state index in [0.717, 1.165) is 22.2 Å². The lowest BCUT2D eigenvalue weighted by molar-refractivity contribution is 0.276. The number of rotatable bonds is 1. The first-order chi connectivity index (χ1) is 5.18. The molecule has 3 heteroatoms. The quantitative estimate of drug-likeness (QED) is 0.494. The Bertz CT molecular complexity index is 273. The Balaban J connectivity index is 2.79. The predicted molar refractivity (Wildman–Crippen MR) is 48.3 cm³/mol. The van der Waals surface area contributed by atoms with Crippen LogP contribution in [0.1, 0.15) is 5.56 Å². The Morgan fingerprint density at radius 3 is 2.82 bits per heavy atom. The molecule has 0 saturated heterocycles. The van der Waals surface area contributed by atoms with Crippen molar-refractivity contribution in [1.82, 2.24) is 0 Å². The molecule has 1 aromatic rings. The molecule has 11 heavy (non-hydrogen) atoms. The molecule has 0 fully saturated rings. The fourth-order valence-electron chi connectivity index (χ4n) is 0.771. The van der Waals surface area contributed by atoms with Gasteiger partial charge in [0.25, 0.3) is 4.57 Å². The standard InChI is InChI=1S/C8H7ClOS/c1-6-3-2-4-7(5-6)11-8(9)10/h2-5H,1H3. The number of thioether (sulfide) groups is 1. The van der Waals surface area contributed by atoms with Crippen molar-refractivity contribution in [2.75, 3.05) is 0 Å². The zero-order valence-electron chi connectivity index (χ0n) is 6.00. The molecule has 0 spiro atoms. The van der Waals surface area contributed by atoms with E-state index in [1.807, 2.05) is 31.2 Å². The van der Waals surface area contributed by atoms with Gasteiger partial charge in [0.1, 0.15) is 0 Å². The summed E-state index contributed by atoms with van der Waals surface area (Å²) in [5.74, 6) is 0. The number of halogens is 1. The van der Waals surface area contributed by atoms with Crippen molar-refractivity contribution in [3.63, 3.8) is 0 Å². The van der Waals surface area contributed by atoms with Gasteiger partial charge in [-0.3, -0.25) is 4.79 Å². The van der Waals surface area contributed by atoms with Crippen LogP contribution in [0, 0.1) is 6.92 Å². The van der Waals surface area contributed by atoms with Crippen molar-refractivity contribution in [3.8, 4) is 0 Å². The van der Waals surface area contributed by atoms with Gasteiger partial charge in [-0.25, -0.2) is 0 Å². The number of hydrogen-bond acceptors (Lipinski definition) is 2. The van der Waals surface area contributed by atoms with Crippen LogP contribution in [-0.4, -0.2) is 4.57 Å². The third-order valence-electron chi connectivity index (χ3n) is 1.19. The average molecular weight is 187 g/mol. The van der Waals surface area contributed by atoms with E-state index in [1.165, 1.54) is 0 Å². The molecule has 1 aromatic carbocycles. The number of aryl methyl sites for hydroxylation is 1. The van der Waals surface area contributed by atoms with E-state index in [1.54, 1.807) is 0 Å². The summed E-state index contributed by atoms with van der Waals surface area (Å²) in [4.78, 5) is 11.3. The molecule has 0 atom stereocenters. The minimum absolute atomic E-state index is 0.393. The first-order valence-corrected chi connectivity index (χ1v) is 4.32. The number of benzene rings is 1. The van der Waals surface area contributed by atoms with Gasteiger partial charge in [-0.05, 0) is 42.4 Å². The zero-order chi connectivity index (χ0) is 8.27. The second-order valence-electron chi connectivity index (χ2n) is 2.16. The molecule has 1 rings (SSSR count). The van der Waals surface area contributed by atoms with Crippen LogP contribution in [0.3, 0.4) is 0 Å². The fraction of sp³-hybridized carbons (Fsp3) is 0.125. The molecule has 0 N–H and O–H groups in total. The van der Waals surface area contributed by atoms with Gasteiger partial charge in [-0.2, -0.15) is 0 Å². The van der Waals surface area contributed by atoms with E-state index >= 15 is 0 Å². The fourth-order valence-corrected chi connectivity index (χ4v) is 1.62. The third kappa shape index (κ3) is 2.95. The van der Waals surface area contributed by atoms with Gasteiger partial charge >= 0.3 is 0 Å². The van der Waals surface area contributed by atoms with Crippen LogP contribution in [0.4, 0.5) is 4.79 Å².